The Labute approximate surface area is 187 Å². The predicted octanol–water partition coefficient (Wildman–Crippen LogP) is 4.53. The molecule has 0 aliphatic carbocycles. The average Bonchev–Trinajstić information content (AvgIpc) is 2.82. The van der Waals surface area contributed by atoms with Crippen LogP contribution in [0.5, 0.6) is 5.75 Å². The van der Waals surface area contributed by atoms with Crippen LogP contribution >= 0.6 is 0 Å². The zero-order chi connectivity index (χ0) is 22.3. The molecule has 0 fully saturated rings. The lowest BCUT2D eigenvalue weighted by atomic mass is 10.0. The maximum absolute atomic E-state index is 12.8. The Hall–Kier alpha value is -4.17. The molecule has 4 rings (SSSR count). The summed E-state index contributed by atoms with van der Waals surface area (Å²) in [5, 5.41) is 0. The second kappa shape index (κ2) is 9.76. The van der Waals surface area contributed by atoms with Crippen molar-refractivity contribution < 1.29 is 4.74 Å². The van der Waals surface area contributed by atoms with E-state index in [0.717, 1.165) is 22.4 Å². The lowest BCUT2D eigenvalue weighted by Gasteiger charge is -2.19. The molecule has 0 saturated carbocycles. The smallest absolute Gasteiger partial charge is 0.254 e. The van der Waals surface area contributed by atoms with Crippen LogP contribution in [0.2, 0.25) is 0 Å². The number of pyridine rings is 1. The van der Waals surface area contributed by atoms with Crippen molar-refractivity contribution in [3.05, 3.63) is 124 Å². The van der Waals surface area contributed by atoms with Gasteiger partial charge in [-0.1, -0.05) is 42.2 Å². The standard InChI is InChI=1S/C27H23N3O2/c1-20-17-25(32-19-26-28-15-6-16-29-26)18-27(31)30(20)21(2)24-13-11-23(12-14-24)10-9-22-7-4-3-5-8-22/h3-8,11-18,21H,19H2,1-2H3/t21-/m1/s1. The summed E-state index contributed by atoms with van der Waals surface area (Å²) in [5.41, 5.74) is 3.65. The Balaban J connectivity index is 1.49. The molecular formula is C27H23N3O2. The van der Waals surface area contributed by atoms with Gasteiger partial charge in [-0.3, -0.25) is 4.79 Å². The Kier molecular flexibility index (Phi) is 6.43. The van der Waals surface area contributed by atoms with Gasteiger partial charge in [-0.05, 0) is 55.8 Å². The molecule has 0 aliphatic rings. The maximum atomic E-state index is 12.8. The molecule has 2 heterocycles. The van der Waals surface area contributed by atoms with Crippen LogP contribution in [0.15, 0.2) is 90.0 Å². The second-order valence-electron chi connectivity index (χ2n) is 7.41. The summed E-state index contributed by atoms with van der Waals surface area (Å²) in [6.07, 6.45) is 3.32. The van der Waals surface area contributed by atoms with Crippen LogP contribution in [-0.4, -0.2) is 14.5 Å². The Morgan fingerprint density at radius 2 is 1.56 bits per heavy atom. The first-order valence-corrected chi connectivity index (χ1v) is 10.4. The molecule has 2 aromatic carbocycles. The number of aromatic nitrogens is 3. The van der Waals surface area contributed by atoms with Gasteiger partial charge < -0.3 is 9.30 Å². The molecule has 1 atom stereocenters. The van der Waals surface area contributed by atoms with Gasteiger partial charge in [-0.25, -0.2) is 9.97 Å². The van der Waals surface area contributed by atoms with Crippen molar-refractivity contribution in [1.82, 2.24) is 14.5 Å². The fourth-order valence-electron chi connectivity index (χ4n) is 3.47. The minimum atomic E-state index is -0.120. The number of ether oxygens (including phenoxy) is 1. The van der Waals surface area contributed by atoms with Crippen LogP contribution in [0.4, 0.5) is 0 Å². The van der Waals surface area contributed by atoms with Crippen molar-refractivity contribution in [2.45, 2.75) is 26.5 Å². The highest BCUT2D eigenvalue weighted by molar-refractivity contribution is 5.43. The molecule has 0 aliphatic heterocycles. The molecule has 0 amide bonds. The minimum Gasteiger partial charge on any atom is -0.485 e. The molecule has 0 unspecified atom stereocenters. The van der Waals surface area contributed by atoms with Gasteiger partial charge in [0.15, 0.2) is 5.82 Å². The molecule has 0 bridgehead atoms. The van der Waals surface area contributed by atoms with Crippen molar-refractivity contribution >= 4 is 0 Å². The normalized spacial score (nSPS) is 11.3. The number of hydrogen-bond acceptors (Lipinski definition) is 4. The molecule has 32 heavy (non-hydrogen) atoms. The average molecular weight is 422 g/mol. The first-order chi connectivity index (χ1) is 15.6. The Morgan fingerprint density at radius 1 is 0.906 bits per heavy atom. The third kappa shape index (κ3) is 5.11. The molecule has 2 aromatic heterocycles. The zero-order valence-corrected chi connectivity index (χ0v) is 18.0. The highest BCUT2D eigenvalue weighted by Crippen LogP contribution is 2.21. The molecule has 5 heteroatoms. The molecular weight excluding hydrogens is 398 g/mol. The number of rotatable bonds is 5. The first-order valence-electron chi connectivity index (χ1n) is 10.4. The predicted molar refractivity (Wildman–Crippen MR) is 124 cm³/mol. The van der Waals surface area contributed by atoms with Gasteiger partial charge in [0.1, 0.15) is 12.4 Å². The van der Waals surface area contributed by atoms with Crippen molar-refractivity contribution in [1.29, 1.82) is 0 Å². The monoisotopic (exact) mass is 421 g/mol. The van der Waals surface area contributed by atoms with Gasteiger partial charge in [0.05, 0.1) is 6.04 Å². The molecule has 0 saturated heterocycles. The summed E-state index contributed by atoms with van der Waals surface area (Å²) < 4.78 is 7.48. The van der Waals surface area contributed by atoms with Gasteiger partial charge in [0.25, 0.3) is 5.56 Å². The zero-order valence-electron chi connectivity index (χ0n) is 18.0. The van der Waals surface area contributed by atoms with Crippen LogP contribution in [-0.2, 0) is 6.61 Å². The maximum Gasteiger partial charge on any atom is 0.254 e. The van der Waals surface area contributed by atoms with Crippen molar-refractivity contribution in [3.63, 3.8) is 0 Å². The Morgan fingerprint density at radius 3 is 2.22 bits per heavy atom. The van der Waals surface area contributed by atoms with E-state index in [1.54, 1.807) is 23.0 Å². The topological polar surface area (TPSA) is 57.0 Å². The fraction of sp³-hybridized carbons (Fsp3) is 0.148. The van der Waals surface area contributed by atoms with Crippen LogP contribution in [0.1, 0.15) is 41.2 Å². The van der Waals surface area contributed by atoms with E-state index in [-0.39, 0.29) is 18.2 Å². The summed E-state index contributed by atoms with van der Waals surface area (Å²) in [4.78, 5) is 21.1. The second-order valence-corrected chi connectivity index (χ2v) is 7.41. The number of hydrogen-bond donors (Lipinski definition) is 0. The van der Waals surface area contributed by atoms with Crippen LogP contribution in [0, 0.1) is 18.8 Å². The molecule has 0 radical (unpaired) electrons. The van der Waals surface area contributed by atoms with Gasteiger partial charge in [0, 0.05) is 35.3 Å². The lowest BCUT2D eigenvalue weighted by molar-refractivity contribution is 0.294. The lowest BCUT2D eigenvalue weighted by Crippen LogP contribution is -2.25. The van der Waals surface area contributed by atoms with Crippen molar-refractivity contribution in [2.24, 2.45) is 0 Å². The van der Waals surface area contributed by atoms with E-state index in [1.807, 2.05) is 74.5 Å². The number of aryl methyl sites for hydroxylation is 1. The quantitative estimate of drug-likeness (QED) is 0.444. The third-order valence-electron chi connectivity index (χ3n) is 5.13. The van der Waals surface area contributed by atoms with Crippen LogP contribution in [0.25, 0.3) is 0 Å². The highest BCUT2D eigenvalue weighted by Gasteiger charge is 2.13. The Bertz CT molecular complexity index is 1300. The van der Waals surface area contributed by atoms with E-state index < -0.39 is 0 Å². The third-order valence-corrected chi connectivity index (χ3v) is 5.13. The van der Waals surface area contributed by atoms with Crippen molar-refractivity contribution in [3.8, 4) is 17.6 Å². The summed E-state index contributed by atoms with van der Waals surface area (Å²) >= 11 is 0. The summed E-state index contributed by atoms with van der Waals surface area (Å²) in [6, 6.07) is 22.9. The fourth-order valence-corrected chi connectivity index (χ4v) is 3.47. The summed E-state index contributed by atoms with van der Waals surface area (Å²) in [7, 11) is 0. The van der Waals surface area contributed by atoms with E-state index in [2.05, 4.69) is 21.8 Å². The largest absolute Gasteiger partial charge is 0.485 e. The van der Waals surface area contributed by atoms with Gasteiger partial charge >= 0.3 is 0 Å². The minimum absolute atomic E-state index is 0.116. The van der Waals surface area contributed by atoms with E-state index >= 15 is 0 Å². The van der Waals surface area contributed by atoms with Crippen molar-refractivity contribution in [2.75, 3.05) is 0 Å². The molecule has 4 aromatic rings. The van der Waals surface area contributed by atoms with Crippen LogP contribution in [0.3, 0.4) is 0 Å². The van der Waals surface area contributed by atoms with Crippen LogP contribution < -0.4 is 10.3 Å². The summed E-state index contributed by atoms with van der Waals surface area (Å²) in [6.45, 7) is 4.13. The number of nitrogens with zero attached hydrogens (tertiary/aromatic N) is 3. The highest BCUT2D eigenvalue weighted by atomic mass is 16.5. The van der Waals surface area contributed by atoms with E-state index in [1.165, 1.54) is 6.07 Å². The molecule has 158 valence electrons. The van der Waals surface area contributed by atoms with Gasteiger partial charge in [0.2, 0.25) is 0 Å². The SMILES string of the molecule is Cc1cc(OCc2ncccn2)cc(=O)n1[C@H](C)c1ccc(C#Cc2ccccc2)cc1. The van der Waals surface area contributed by atoms with E-state index in [0.29, 0.717) is 11.6 Å². The molecule has 0 N–H and O–H groups in total. The van der Waals surface area contributed by atoms with E-state index in [4.69, 9.17) is 4.74 Å². The van der Waals surface area contributed by atoms with E-state index in [9.17, 15) is 4.79 Å². The number of benzene rings is 2. The van der Waals surface area contributed by atoms with Gasteiger partial charge in [-0.15, -0.1) is 0 Å². The first kappa shape index (κ1) is 21.1. The molecule has 0 spiro atoms. The summed E-state index contributed by atoms with van der Waals surface area (Å²) in [5.74, 6) is 7.42. The van der Waals surface area contributed by atoms with Gasteiger partial charge in [-0.2, -0.15) is 0 Å². The molecule has 5 nitrogen and oxygen atoms in total.